The summed E-state index contributed by atoms with van der Waals surface area (Å²) in [5.41, 5.74) is -3.98. The first-order valence-corrected chi connectivity index (χ1v) is 5.85. The fourth-order valence-corrected chi connectivity index (χ4v) is 1.80. The minimum absolute atomic E-state index is 0.143. The van der Waals surface area contributed by atoms with Gasteiger partial charge in [0.15, 0.2) is 0 Å². The third-order valence-electron chi connectivity index (χ3n) is 2.82. The van der Waals surface area contributed by atoms with Crippen molar-refractivity contribution in [1.82, 2.24) is 4.90 Å². The van der Waals surface area contributed by atoms with Crippen LogP contribution in [0.5, 0.6) is 0 Å². The van der Waals surface area contributed by atoms with Crippen LogP contribution in [0.1, 0.15) is 18.9 Å². The summed E-state index contributed by atoms with van der Waals surface area (Å²) in [5.74, 6) is -1.37. The van der Waals surface area contributed by atoms with Gasteiger partial charge >= 0.3 is 6.18 Å². The molecule has 0 spiro atoms. The van der Waals surface area contributed by atoms with Crippen molar-refractivity contribution in [1.29, 1.82) is 0 Å². The highest BCUT2D eigenvalue weighted by Gasteiger charge is 2.61. The Bertz CT molecular complexity index is 433. The summed E-state index contributed by atoms with van der Waals surface area (Å²) >= 11 is 0. The summed E-state index contributed by atoms with van der Waals surface area (Å²) in [6.45, 7) is 1.88. The van der Waals surface area contributed by atoms with Gasteiger partial charge in [0.05, 0.1) is 0 Å². The van der Waals surface area contributed by atoms with Crippen molar-refractivity contribution in [2.45, 2.75) is 25.1 Å². The van der Waals surface area contributed by atoms with E-state index in [-0.39, 0.29) is 6.54 Å². The standard InChI is InChI=1S/C13H16F3NO2/c1-3-9-17(2)11(18)12(19,13(14,15)16)10-7-5-4-6-8-10/h4-8,19H,3,9H2,1-2H3/t12-/m1/s1. The molecular weight excluding hydrogens is 259 g/mol. The van der Waals surface area contributed by atoms with Gasteiger partial charge < -0.3 is 10.0 Å². The lowest BCUT2D eigenvalue weighted by molar-refractivity contribution is -0.261. The molecule has 0 heterocycles. The van der Waals surface area contributed by atoms with Gasteiger partial charge in [-0.25, -0.2) is 0 Å². The van der Waals surface area contributed by atoms with Gasteiger partial charge in [0.2, 0.25) is 0 Å². The van der Waals surface area contributed by atoms with Crippen LogP contribution in [-0.4, -0.2) is 35.7 Å². The van der Waals surface area contributed by atoms with Crippen molar-refractivity contribution >= 4 is 5.91 Å². The zero-order valence-corrected chi connectivity index (χ0v) is 10.7. The predicted octanol–water partition coefficient (Wildman–Crippen LogP) is 2.30. The number of rotatable bonds is 4. The second-order valence-corrected chi connectivity index (χ2v) is 4.30. The van der Waals surface area contributed by atoms with E-state index in [2.05, 4.69) is 0 Å². The molecule has 1 aromatic rings. The topological polar surface area (TPSA) is 40.5 Å². The highest BCUT2D eigenvalue weighted by atomic mass is 19.4. The summed E-state index contributed by atoms with van der Waals surface area (Å²) in [6, 6.07) is 6.38. The first-order chi connectivity index (χ1) is 8.75. The highest BCUT2D eigenvalue weighted by Crippen LogP contribution is 2.40. The zero-order chi connectivity index (χ0) is 14.7. The third-order valence-corrected chi connectivity index (χ3v) is 2.82. The van der Waals surface area contributed by atoms with Gasteiger partial charge in [0, 0.05) is 19.2 Å². The van der Waals surface area contributed by atoms with E-state index in [0.717, 1.165) is 17.0 Å². The number of hydrogen-bond donors (Lipinski definition) is 1. The van der Waals surface area contributed by atoms with Crippen LogP contribution in [-0.2, 0) is 10.4 Å². The molecule has 6 heteroatoms. The lowest BCUT2D eigenvalue weighted by Gasteiger charge is -2.33. The molecule has 0 aliphatic carbocycles. The molecule has 0 radical (unpaired) electrons. The first-order valence-electron chi connectivity index (χ1n) is 5.85. The number of aliphatic hydroxyl groups is 1. The largest absolute Gasteiger partial charge is 0.430 e. The molecule has 3 nitrogen and oxygen atoms in total. The maximum absolute atomic E-state index is 13.1. The number of hydrogen-bond acceptors (Lipinski definition) is 2. The fraction of sp³-hybridized carbons (Fsp3) is 0.462. The van der Waals surface area contributed by atoms with Crippen molar-refractivity contribution in [3.63, 3.8) is 0 Å². The Morgan fingerprint density at radius 1 is 1.26 bits per heavy atom. The zero-order valence-electron chi connectivity index (χ0n) is 10.7. The van der Waals surface area contributed by atoms with E-state index in [1.807, 2.05) is 0 Å². The summed E-state index contributed by atoms with van der Waals surface area (Å²) in [7, 11) is 1.24. The molecule has 0 aliphatic heterocycles. The number of carbonyl (C=O) groups is 1. The predicted molar refractivity (Wildman–Crippen MR) is 64.3 cm³/mol. The maximum Gasteiger partial charge on any atom is 0.430 e. The van der Waals surface area contributed by atoms with Gasteiger partial charge in [-0.15, -0.1) is 0 Å². The number of alkyl halides is 3. The Morgan fingerprint density at radius 2 is 1.79 bits per heavy atom. The highest BCUT2D eigenvalue weighted by molar-refractivity contribution is 5.87. The van der Waals surface area contributed by atoms with Crippen molar-refractivity contribution in [2.75, 3.05) is 13.6 Å². The fourth-order valence-electron chi connectivity index (χ4n) is 1.80. The maximum atomic E-state index is 13.1. The van der Waals surface area contributed by atoms with Gasteiger partial charge in [-0.05, 0) is 6.42 Å². The molecule has 0 bridgehead atoms. The van der Waals surface area contributed by atoms with E-state index >= 15 is 0 Å². The van der Waals surface area contributed by atoms with Crippen LogP contribution < -0.4 is 0 Å². The molecule has 1 rings (SSSR count). The van der Waals surface area contributed by atoms with E-state index in [1.165, 1.54) is 25.2 Å². The van der Waals surface area contributed by atoms with Gasteiger partial charge in [0.1, 0.15) is 0 Å². The Kier molecular flexibility index (Phi) is 4.57. The molecule has 19 heavy (non-hydrogen) atoms. The Balaban J connectivity index is 3.26. The number of likely N-dealkylation sites (N-methyl/N-ethyl adjacent to an activating group) is 1. The van der Waals surface area contributed by atoms with Crippen LogP contribution in [0, 0.1) is 0 Å². The molecule has 1 atom stereocenters. The van der Waals surface area contributed by atoms with E-state index in [9.17, 15) is 23.1 Å². The number of nitrogens with zero attached hydrogens (tertiary/aromatic N) is 1. The molecule has 1 aromatic carbocycles. The Hall–Kier alpha value is -1.56. The summed E-state index contributed by atoms with van der Waals surface area (Å²) in [6.07, 6.45) is -4.57. The SMILES string of the molecule is CCCN(C)C(=O)[C@](O)(c1ccccc1)C(F)(F)F. The van der Waals surface area contributed by atoms with Crippen LogP contribution in [0.25, 0.3) is 0 Å². The second kappa shape index (κ2) is 5.61. The van der Waals surface area contributed by atoms with Crippen LogP contribution in [0.2, 0.25) is 0 Å². The van der Waals surface area contributed by atoms with E-state index < -0.39 is 23.2 Å². The molecule has 0 saturated heterocycles. The molecule has 106 valence electrons. The molecule has 1 amide bonds. The van der Waals surface area contributed by atoms with Gasteiger partial charge in [-0.1, -0.05) is 37.3 Å². The number of carbonyl (C=O) groups excluding carboxylic acids is 1. The monoisotopic (exact) mass is 275 g/mol. The van der Waals surface area contributed by atoms with Crippen molar-refractivity contribution in [2.24, 2.45) is 0 Å². The van der Waals surface area contributed by atoms with Gasteiger partial charge in [0.25, 0.3) is 11.5 Å². The van der Waals surface area contributed by atoms with E-state index in [4.69, 9.17) is 0 Å². The smallest absolute Gasteiger partial charge is 0.369 e. The lowest BCUT2D eigenvalue weighted by Crippen LogP contribution is -2.54. The lowest BCUT2D eigenvalue weighted by atomic mass is 9.91. The minimum Gasteiger partial charge on any atom is -0.369 e. The van der Waals surface area contributed by atoms with E-state index in [0.29, 0.717) is 6.42 Å². The first kappa shape index (κ1) is 15.5. The van der Waals surface area contributed by atoms with Crippen LogP contribution in [0.3, 0.4) is 0 Å². The number of amides is 1. The Labute approximate surface area is 109 Å². The van der Waals surface area contributed by atoms with Crippen molar-refractivity contribution < 1.29 is 23.1 Å². The average Bonchev–Trinajstić information content (AvgIpc) is 2.37. The van der Waals surface area contributed by atoms with Crippen molar-refractivity contribution in [3.05, 3.63) is 35.9 Å². The molecule has 0 unspecified atom stereocenters. The molecule has 0 saturated carbocycles. The van der Waals surface area contributed by atoms with Crippen LogP contribution in [0.4, 0.5) is 13.2 Å². The van der Waals surface area contributed by atoms with Crippen molar-refractivity contribution in [3.8, 4) is 0 Å². The third kappa shape index (κ3) is 2.89. The molecule has 0 aliphatic rings. The van der Waals surface area contributed by atoms with Crippen LogP contribution >= 0.6 is 0 Å². The summed E-state index contributed by atoms with van der Waals surface area (Å²) in [5, 5.41) is 9.97. The average molecular weight is 275 g/mol. The summed E-state index contributed by atoms with van der Waals surface area (Å²) < 4.78 is 39.4. The Morgan fingerprint density at radius 3 is 2.21 bits per heavy atom. The molecular formula is C13H16F3NO2. The van der Waals surface area contributed by atoms with Crippen LogP contribution in [0.15, 0.2) is 30.3 Å². The van der Waals surface area contributed by atoms with Gasteiger partial charge in [-0.3, -0.25) is 4.79 Å². The minimum atomic E-state index is -5.08. The molecule has 0 aromatic heterocycles. The number of halogens is 3. The quantitative estimate of drug-likeness (QED) is 0.916. The molecule has 1 N–H and O–H groups in total. The normalized spacial score (nSPS) is 14.8. The number of benzene rings is 1. The molecule has 0 fully saturated rings. The van der Waals surface area contributed by atoms with Gasteiger partial charge in [-0.2, -0.15) is 13.2 Å². The summed E-state index contributed by atoms with van der Waals surface area (Å²) in [4.78, 5) is 12.8. The van der Waals surface area contributed by atoms with E-state index in [1.54, 1.807) is 6.92 Å². The second-order valence-electron chi connectivity index (χ2n) is 4.30.